The van der Waals surface area contributed by atoms with Crippen LogP contribution in [0.5, 0.6) is 5.75 Å². The summed E-state index contributed by atoms with van der Waals surface area (Å²) < 4.78 is 8.84. The van der Waals surface area contributed by atoms with Gasteiger partial charge < -0.3 is 14.6 Å². The zero-order valence-corrected chi connectivity index (χ0v) is 18.1. The van der Waals surface area contributed by atoms with E-state index in [0.29, 0.717) is 23.7 Å². The van der Waals surface area contributed by atoms with E-state index in [2.05, 4.69) is 25.3 Å². The molecule has 4 heterocycles. The number of pyridine rings is 1. The molecule has 0 aliphatic rings. The van der Waals surface area contributed by atoms with Gasteiger partial charge in [-0.15, -0.1) is 0 Å². The van der Waals surface area contributed by atoms with Crippen molar-refractivity contribution in [3.05, 3.63) is 89.6 Å². The van der Waals surface area contributed by atoms with Crippen LogP contribution in [0.4, 0.5) is 5.82 Å². The van der Waals surface area contributed by atoms with Crippen LogP contribution in [0.1, 0.15) is 5.69 Å². The summed E-state index contributed by atoms with van der Waals surface area (Å²) in [4.78, 5) is 29.6. The highest BCUT2D eigenvalue weighted by molar-refractivity contribution is 5.71. The summed E-state index contributed by atoms with van der Waals surface area (Å²) in [6.45, 7) is 0.439. The number of nitrogens with one attached hydrogen (secondary N) is 1. The van der Waals surface area contributed by atoms with Crippen LogP contribution in [0.2, 0.25) is 0 Å². The maximum atomic E-state index is 11.6. The molecule has 9 nitrogen and oxygen atoms in total. The first-order valence-electron chi connectivity index (χ1n) is 10.3. The van der Waals surface area contributed by atoms with Gasteiger partial charge in [-0.25, -0.2) is 9.97 Å². The molecule has 33 heavy (non-hydrogen) atoms. The van der Waals surface area contributed by atoms with E-state index in [1.807, 2.05) is 41.1 Å². The minimum absolute atomic E-state index is 0.0669. The Bertz CT molecular complexity index is 1490. The lowest BCUT2D eigenvalue weighted by molar-refractivity contribution is 0.415. The molecule has 1 N–H and O–H groups in total. The molecule has 5 rings (SSSR count). The molecule has 9 heteroatoms. The first-order valence-corrected chi connectivity index (χ1v) is 10.3. The average molecular weight is 439 g/mol. The first-order chi connectivity index (χ1) is 16.1. The molecule has 0 amide bonds. The number of fused-ring (bicyclic) bond motifs is 1. The Morgan fingerprint density at radius 1 is 1.00 bits per heavy atom. The molecule has 0 aliphatic carbocycles. The molecule has 0 bridgehead atoms. The number of rotatable bonds is 6. The summed E-state index contributed by atoms with van der Waals surface area (Å²) in [5.41, 5.74) is 4.87. The van der Waals surface area contributed by atoms with Gasteiger partial charge in [0.2, 0.25) is 5.56 Å². The zero-order valence-electron chi connectivity index (χ0n) is 18.1. The Hall–Kier alpha value is -4.53. The maximum Gasteiger partial charge on any atom is 0.250 e. The summed E-state index contributed by atoms with van der Waals surface area (Å²) >= 11 is 0. The van der Waals surface area contributed by atoms with Crippen LogP contribution in [0.25, 0.3) is 28.2 Å². The smallest absolute Gasteiger partial charge is 0.250 e. The van der Waals surface area contributed by atoms with Gasteiger partial charge in [0.1, 0.15) is 5.75 Å². The molecular formula is C24H21N7O2. The second-order valence-electron chi connectivity index (χ2n) is 7.46. The number of aryl methyl sites for hydroxylation is 1. The van der Waals surface area contributed by atoms with Gasteiger partial charge in [0.15, 0.2) is 11.5 Å². The molecule has 0 saturated carbocycles. The monoisotopic (exact) mass is 439 g/mol. The van der Waals surface area contributed by atoms with Gasteiger partial charge in [-0.05, 0) is 18.2 Å². The maximum absolute atomic E-state index is 11.6. The molecule has 5 aromatic rings. The first kappa shape index (κ1) is 20.4. The standard InChI is InChI=1S/C24H21N7O2/c1-30-15-17(6-7-22(30)32)20-13-26-18(11-27-20)12-28-23-24-29-14-21(31(24)9-8-25-23)16-4-3-5-19(10-16)33-2/h3-11,13-15H,12H2,1-2H3,(H,25,28). The molecule has 0 radical (unpaired) electrons. The summed E-state index contributed by atoms with van der Waals surface area (Å²) in [7, 11) is 3.36. The van der Waals surface area contributed by atoms with Crippen LogP contribution in [0.3, 0.4) is 0 Å². The Labute approximate surface area is 189 Å². The van der Waals surface area contributed by atoms with Crippen molar-refractivity contribution in [1.82, 2.24) is 28.9 Å². The van der Waals surface area contributed by atoms with Gasteiger partial charge in [-0.1, -0.05) is 12.1 Å². The van der Waals surface area contributed by atoms with E-state index < -0.39 is 0 Å². The Kier molecular flexibility index (Phi) is 5.27. The third-order valence-electron chi connectivity index (χ3n) is 5.32. The van der Waals surface area contributed by atoms with E-state index in [1.54, 1.807) is 45.0 Å². The second kappa shape index (κ2) is 8.54. The van der Waals surface area contributed by atoms with Crippen molar-refractivity contribution in [2.24, 2.45) is 7.05 Å². The molecule has 0 unspecified atom stereocenters. The lowest BCUT2D eigenvalue weighted by Gasteiger charge is -2.08. The van der Waals surface area contributed by atoms with Gasteiger partial charge in [0.05, 0.1) is 49.3 Å². The number of hydrogen-bond acceptors (Lipinski definition) is 7. The Balaban J connectivity index is 1.36. The van der Waals surface area contributed by atoms with Crippen molar-refractivity contribution in [3.63, 3.8) is 0 Å². The lowest BCUT2D eigenvalue weighted by atomic mass is 10.1. The van der Waals surface area contributed by atoms with E-state index in [4.69, 9.17) is 4.74 Å². The fraction of sp³-hybridized carbons (Fsp3) is 0.125. The number of methoxy groups -OCH3 is 1. The molecule has 0 saturated heterocycles. The van der Waals surface area contributed by atoms with Crippen LogP contribution in [-0.2, 0) is 13.6 Å². The fourth-order valence-corrected chi connectivity index (χ4v) is 3.55. The molecular weight excluding hydrogens is 418 g/mol. The predicted molar refractivity (Wildman–Crippen MR) is 125 cm³/mol. The highest BCUT2D eigenvalue weighted by Crippen LogP contribution is 2.26. The quantitative estimate of drug-likeness (QED) is 0.434. The molecule has 0 fully saturated rings. The van der Waals surface area contributed by atoms with E-state index in [0.717, 1.165) is 28.3 Å². The zero-order chi connectivity index (χ0) is 22.8. The van der Waals surface area contributed by atoms with Crippen molar-refractivity contribution in [1.29, 1.82) is 0 Å². The molecule has 0 atom stereocenters. The lowest BCUT2D eigenvalue weighted by Crippen LogP contribution is -2.14. The van der Waals surface area contributed by atoms with Gasteiger partial charge in [-0.3, -0.25) is 19.2 Å². The Morgan fingerprint density at radius 3 is 2.70 bits per heavy atom. The van der Waals surface area contributed by atoms with E-state index in [1.165, 1.54) is 10.6 Å². The largest absolute Gasteiger partial charge is 0.497 e. The van der Waals surface area contributed by atoms with Crippen LogP contribution in [0, 0.1) is 0 Å². The van der Waals surface area contributed by atoms with Crippen molar-refractivity contribution in [2.75, 3.05) is 12.4 Å². The number of benzene rings is 1. The van der Waals surface area contributed by atoms with Gasteiger partial charge in [0, 0.05) is 42.8 Å². The van der Waals surface area contributed by atoms with Crippen molar-refractivity contribution < 1.29 is 4.74 Å². The fourth-order valence-electron chi connectivity index (χ4n) is 3.55. The number of imidazole rings is 1. The molecule has 1 aromatic carbocycles. The number of anilines is 1. The van der Waals surface area contributed by atoms with E-state index in [9.17, 15) is 4.79 Å². The van der Waals surface area contributed by atoms with Crippen LogP contribution >= 0.6 is 0 Å². The van der Waals surface area contributed by atoms with Crippen molar-refractivity contribution in [3.8, 4) is 28.3 Å². The molecule has 0 spiro atoms. The number of hydrogen-bond donors (Lipinski definition) is 1. The number of nitrogens with zero attached hydrogens (tertiary/aromatic N) is 6. The van der Waals surface area contributed by atoms with Crippen molar-refractivity contribution >= 4 is 11.5 Å². The minimum atomic E-state index is -0.0669. The summed E-state index contributed by atoms with van der Waals surface area (Å²) in [6, 6.07) is 11.1. The highest BCUT2D eigenvalue weighted by Gasteiger charge is 2.11. The third kappa shape index (κ3) is 4.03. The SMILES string of the molecule is COc1cccc(-c2cnc3c(NCc4cnc(-c5ccc(=O)n(C)c5)cn4)nccn23)c1. The normalized spacial score (nSPS) is 11.0. The summed E-state index contributed by atoms with van der Waals surface area (Å²) in [5, 5.41) is 3.30. The van der Waals surface area contributed by atoms with Gasteiger partial charge in [0.25, 0.3) is 0 Å². The molecule has 164 valence electrons. The summed E-state index contributed by atoms with van der Waals surface area (Å²) in [5.74, 6) is 1.44. The van der Waals surface area contributed by atoms with Crippen LogP contribution in [-0.4, -0.2) is 36.0 Å². The third-order valence-corrected chi connectivity index (χ3v) is 5.32. The van der Waals surface area contributed by atoms with Crippen LogP contribution in [0.15, 0.2) is 78.4 Å². The highest BCUT2D eigenvalue weighted by atomic mass is 16.5. The van der Waals surface area contributed by atoms with E-state index >= 15 is 0 Å². The average Bonchev–Trinajstić information content (AvgIpc) is 3.30. The predicted octanol–water partition coefficient (Wildman–Crippen LogP) is 3.17. The second-order valence-corrected chi connectivity index (χ2v) is 7.46. The Morgan fingerprint density at radius 2 is 1.91 bits per heavy atom. The molecule has 4 aromatic heterocycles. The van der Waals surface area contributed by atoms with Crippen LogP contribution < -0.4 is 15.6 Å². The molecule has 0 aliphatic heterocycles. The van der Waals surface area contributed by atoms with Crippen molar-refractivity contribution in [2.45, 2.75) is 6.54 Å². The van der Waals surface area contributed by atoms with Gasteiger partial charge in [-0.2, -0.15) is 0 Å². The minimum Gasteiger partial charge on any atom is -0.497 e. The van der Waals surface area contributed by atoms with E-state index in [-0.39, 0.29) is 5.56 Å². The summed E-state index contributed by atoms with van der Waals surface area (Å²) in [6.07, 6.45) is 10.6. The number of ether oxygens (including phenoxy) is 1. The topological polar surface area (TPSA) is 99.2 Å². The van der Waals surface area contributed by atoms with Gasteiger partial charge >= 0.3 is 0 Å². The number of aromatic nitrogens is 6.